The number of carbonyl (C=O) groups is 1. The van der Waals surface area contributed by atoms with Gasteiger partial charge >= 0.3 is 0 Å². The molecule has 4 heteroatoms. The van der Waals surface area contributed by atoms with E-state index >= 15 is 0 Å². The van der Waals surface area contributed by atoms with E-state index in [0.717, 1.165) is 36.9 Å². The van der Waals surface area contributed by atoms with Crippen molar-refractivity contribution in [2.24, 2.45) is 5.73 Å². The first-order valence-electron chi connectivity index (χ1n) is 7.46. The zero-order valence-electron chi connectivity index (χ0n) is 12.3. The lowest BCUT2D eigenvalue weighted by Gasteiger charge is -2.15. The first-order chi connectivity index (χ1) is 9.67. The van der Waals surface area contributed by atoms with Crippen LogP contribution in [0.25, 0.3) is 0 Å². The molecule has 1 aliphatic heterocycles. The molecular weight excluding hydrogens is 252 g/mol. The fraction of sp³-hybridized carbons (Fsp3) is 0.562. The molecule has 0 radical (unpaired) electrons. The van der Waals surface area contributed by atoms with Gasteiger partial charge in [0.1, 0.15) is 6.10 Å². The van der Waals surface area contributed by atoms with Crippen LogP contribution >= 0.6 is 0 Å². The minimum atomic E-state index is -0.362. The fourth-order valence-electron chi connectivity index (χ4n) is 2.55. The molecule has 3 N–H and O–H groups in total. The highest BCUT2D eigenvalue weighted by Gasteiger charge is 2.30. The molecule has 0 unspecified atom stereocenters. The molecule has 1 amide bonds. The van der Waals surface area contributed by atoms with E-state index in [9.17, 15) is 4.79 Å². The number of ether oxygens (including phenoxy) is 1. The fourth-order valence-corrected chi connectivity index (χ4v) is 2.55. The van der Waals surface area contributed by atoms with Crippen molar-refractivity contribution in [1.82, 2.24) is 0 Å². The van der Waals surface area contributed by atoms with Crippen LogP contribution < -0.4 is 11.1 Å². The first kappa shape index (κ1) is 15.0. The number of aryl methyl sites for hydroxylation is 2. The van der Waals surface area contributed by atoms with Gasteiger partial charge in [-0.05, 0) is 42.9 Å². The van der Waals surface area contributed by atoms with Gasteiger partial charge in [-0.2, -0.15) is 0 Å². The number of rotatable bonds is 5. The molecule has 0 aromatic heterocycles. The summed E-state index contributed by atoms with van der Waals surface area (Å²) in [5.74, 6) is -0.0519. The zero-order chi connectivity index (χ0) is 14.5. The van der Waals surface area contributed by atoms with E-state index < -0.39 is 0 Å². The van der Waals surface area contributed by atoms with Gasteiger partial charge in [0.25, 0.3) is 5.91 Å². The average Bonchev–Trinajstić information content (AvgIpc) is 2.96. The number of hydrogen-bond donors (Lipinski definition) is 2. The zero-order valence-corrected chi connectivity index (χ0v) is 12.3. The Kier molecular flexibility index (Phi) is 5.15. The van der Waals surface area contributed by atoms with Gasteiger partial charge in [0.15, 0.2) is 0 Å². The summed E-state index contributed by atoms with van der Waals surface area (Å²) in [6.45, 7) is 4.68. The van der Waals surface area contributed by atoms with E-state index in [0.29, 0.717) is 6.54 Å². The van der Waals surface area contributed by atoms with E-state index in [1.54, 1.807) is 0 Å². The third-order valence-electron chi connectivity index (χ3n) is 3.88. The van der Waals surface area contributed by atoms with Crippen LogP contribution in [0.1, 0.15) is 37.8 Å². The van der Waals surface area contributed by atoms with Crippen molar-refractivity contribution in [3.63, 3.8) is 0 Å². The summed E-state index contributed by atoms with van der Waals surface area (Å²) in [6, 6.07) is 6.27. The number of carbonyl (C=O) groups excluding carboxylic acids is 1. The Morgan fingerprint density at radius 2 is 2.15 bits per heavy atom. The van der Waals surface area contributed by atoms with E-state index in [2.05, 4.69) is 37.4 Å². The van der Waals surface area contributed by atoms with E-state index in [1.165, 1.54) is 5.56 Å². The first-order valence-corrected chi connectivity index (χ1v) is 7.46. The van der Waals surface area contributed by atoms with Crippen LogP contribution in [0.15, 0.2) is 18.2 Å². The Labute approximate surface area is 120 Å². The molecule has 0 saturated carbocycles. The molecule has 0 aliphatic carbocycles. The molecule has 110 valence electrons. The van der Waals surface area contributed by atoms with Crippen LogP contribution in [0.3, 0.4) is 0 Å². The third-order valence-corrected chi connectivity index (χ3v) is 3.88. The maximum Gasteiger partial charge on any atom is 0.253 e. The molecule has 4 nitrogen and oxygen atoms in total. The van der Waals surface area contributed by atoms with Crippen LogP contribution in [0, 0.1) is 0 Å². The van der Waals surface area contributed by atoms with Crippen molar-refractivity contribution in [3.05, 3.63) is 29.3 Å². The van der Waals surface area contributed by atoms with Crippen molar-refractivity contribution in [2.45, 2.75) is 51.7 Å². The van der Waals surface area contributed by atoms with Gasteiger partial charge in [-0.25, -0.2) is 0 Å². The second-order valence-electron chi connectivity index (χ2n) is 5.25. The highest BCUT2D eigenvalue weighted by atomic mass is 16.5. The average molecular weight is 276 g/mol. The summed E-state index contributed by atoms with van der Waals surface area (Å²) >= 11 is 0. The second kappa shape index (κ2) is 6.86. The highest BCUT2D eigenvalue weighted by Crippen LogP contribution is 2.23. The smallest absolute Gasteiger partial charge is 0.253 e. The van der Waals surface area contributed by atoms with E-state index in [4.69, 9.17) is 10.5 Å². The lowest BCUT2D eigenvalue weighted by molar-refractivity contribution is -0.126. The number of nitrogens with two attached hydrogens (primary N) is 1. The predicted molar refractivity (Wildman–Crippen MR) is 80.8 cm³/mol. The third kappa shape index (κ3) is 3.38. The topological polar surface area (TPSA) is 64.4 Å². The summed E-state index contributed by atoms with van der Waals surface area (Å²) in [7, 11) is 0. The molecule has 2 rings (SSSR count). The summed E-state index contributed by atoms with van der Waals surface area (Å²) in [4.78, 5) is 12.3. The Balaban J connectivity index is 2.07. The molecule has 1 heterocycles. The van der Waals surface area contributed by atoms with Crippen molar-refractivity contribution in [1.29, 1.82) is 0 Å². The molecular formula is C16H24N2O2. The molecule has 1 aromatic carbocycles. The lowest BCUT2D eigenvalue weighted by atomic mass is 10.0. The normalized spacial score (nSPS) is 21.9. The Morgan fingerprint density at radius 3 is 2.75 bits per heavy atom. The SMILES string of the molecule is CCc1ccc(CC)c(NC(=O)[C@@H]2CC[C@H](CN)O2)c1. The number of amides is 1. The highest BCUT2D eigenvalue weighted by molar-refractivity contribution is 5.95. The van der Waals surface area contributed by atoms with Crippen molar-refractivity contribution in [2.75, 3.05) is 11.9 Å². The van der Waals surface area contributed by atoms with Crippen molar-refractivity contribution < 1.29 is 9.53 Å². The molecule has 1 aromatic rings. The lowest BCUT2D eigenvalue weighted by Crippen LogP contribution is -2.30. The summed E-state index contributed by atoms with van der Waals surface area (Å²) in [5, 5.41) is 3.02. The standard InChI is InChI=1S/C16H24N2O2/c1-3-11-5-6-12(4-2)14(9-11)18-16(19)15-8-7-13(10-17)20-15/h5-6,9,13,15H,3-4,7-8,10,17H2,1-2H3,(H,18,19)/t13-,15+/m1/s1. The van der Waals surface area contributed by atoms with Crippen molar-refractivity contribution in [3.8, 4) is 0 Å². The molecule has 1 aliphatic rings. The summed E-state index contributed by atoms with van der Waals surface area (Å²) in [6.07, 6.45) is 3.14. The number of hydrogen-bond acceptors (Lipinski definition) is 3. The number of nitrogens with one attached hydrogen (secondary N) is 1. The van der Waals surface area contributed by atoms with Gasteiger partial charge in [-0.15, -0.1) is 0 Å². The molecule has 20 heavy (non-hydrogen) atoms. The second-order valence-corrected chi connectivity index (χ2v) is 5.25. The molecule has 0 bridgehead atoms. The Morgan fingerprint density at radius 1 is 1.35 bits per heavy atom. The Hall–Kier alpha value is -1.39. The number of anilines is 1. The molecule has 1 fully saturated rings. The van der Waals surface area contributed by atoms with Crippen LogP contribution in [-0.4, -0.2) is 24.7 Å². The maximum atomic E-state index is 12.3. The molecule has 0 spiro atoms. The molecule has 2 atom stereocenters. The van der Waals surface area contributed by atoms with Gasteiger partial charge in [-0.3, -0.25) is 4.79 Å². The van der Waals surface area contributed by atoms with Crippen LogP contribution in [0.5, 0.6) is 0 Å². The van der Waals surface area contributed by atoms with Gasteiger partial charge in [-0.1, -0.05) is 26.0 Å². The van der Waals surface area contributed by atoms with Gasteiger partial charge in [0, 0.05) is 12.2 Å². The Bertz CT molecular complexity index is 474. The quantitative estimate of drug-likeness (QED) is 0.867. The predicted octanol–water partition coefficient (Wildman–Crippen LogP) is 2.26. The van der Waals surface area contributed by atoms with Crippen LogP contribution in [-0.2, 0) is 22.4 Å². The minimum absolute atomic E-state index is 0.0263. The van der Waals surface area contributed by atoms with E-state index in [-0.39, 0.29) is 18.1 Å². The van der Waals surface area contributed by atoms with Crippen LogP contribution in [0.4, 0.5) is 5.69 Å². The van der Waals surface area contributed by atoms with Gasteiger partial charge < -0.3 is 15.8 Å². The number of benzene rings is 1. The van der Waals surface area contributed by atoms with Gasteiger partial charge in [0.05, 0.1) is 6.10 Å². The van der Waals surface area contributed by atoms with Crippen molar-refractivity contribution >= 4 is 11.6 Å². The monoisotopic (exact) mass is 276 g/mol. The maximum absolute atomic E-state index is 12.3. The minimum Gasteiger partial charge on any atom is -0.364 e. The van der Waals surface area contributed by atoms with Crippen LogP contribution in [0.2, 0.25) is 0 Å². The largest absolute Gasteiger partial charge is 0.364 e. The molecule has 1 saturated heterocycles. The van der Waals surface area contributed by atoms with E-state index in [1.807, 2.05) is 0 Å². The summed E-state index contributed by atoms with van der Waals surface area (Å²) in [5.41, 5.74) is 8.87. The van der Waals surface area contributed by atoms with Gasteiger partial charge in [0.2, 0.25) is 0 Å². The summed E-state index contributed by atoms with van der Waals surface area (Å²) < 4.78 is 5.64.